The molecule has 0 aliphatic carbocycles. The first-order chi connectivity index (χ1) is 10.4. The monoisotopic (exact) mass is 321 g/mol. The van der Waals surface area contributed by atoms with Gasteiger partial charge in [-0.2, -0.15) is 0 Å². The van der Waals surface area contributed by atoms with E-state index >= 15 is 0 Å². The number of nitrogens with two attached hydrogens (primary N) is 1. The van der Waals surface area contributed by atoms with Gasteiger partial charge in [0.05, 0.1) is 29.3 Å². The summed E-state index contributed by atoms with van der Waals surface area (Å²) in [5, 5.41) is 16.1. The minimum atomic E-state index is -3.79. The van der Waals surface area contributed by atoms with Crippen LogP contribution in [0.4, 0.5) is 0 Å². The zero-order valence-electron chi connectivity index (χ0n) is 11.8. The maximum Gasteiger partial charge on any atom is 0.238 e. The Labute approximate surface area is 126 Å². The van der Waals surface area contributed by atoms with Crippen molar-refractivity contribution in [3.63, 3.8) is 0 Å². The third-order valence-corrected chi connectivity index (χ3v) is 4.29. The van der Waals surface area contributed by atoms with Crippen LogP contribution in [0.5, 0.6) is 5.88 Å². The van der Waals surface area contributed by atoms with Gasteiger partial charge in [0.1, 0.15) is 0 Å². The number of pyridine rings is 1. The SMILES string of the molecule is CCOc1cc2c([nH]c3ccc(S(N)(=O)=O)cc32)c(CO)n1. The molecule has 0 aliphatic heterocycles. The molecule has 0 bridgehead atoms. The number of nitrogens with one attached hydrogen (secondary N) is 1. The van der Waals surface area contributed by atoms with Crippen molar-refractivity contribution in [1.82, 2.24) is 9.97 Å². The average Bonchev–Trinajstić information content (AvgIpc) is 2.84. The second kappa shape index (κ2) is 5.24. The molecule has 2 aromatic heterocycles. The normalized spacial score (nSPS) is 12.1. The summed E-state index contributed by atoms with van der Waals surface area (Å²) in [5.74, 6) is 0.376. The second-order valence-corrected chi connectivity index (χ2v) is 6.36. The number of sulfonamides is 1. The topological polar surface area (TPSA) is 118 Å². The molecule has 4 N–H and O–H groups in total. The predicted octanol–water partition coefficient (Wildman–Crippen LogP) is 1.25. The molecule has 0 saturated heterocycles. The molecule has 0 spiro atoms. The number of H-pyrrole nitrogens is 1. The molecule has 116 valence electrons. The third-order valence-electron chi connectivity index (χ3n) is 3.38. The van der Waals surface area contributed by atoms with Crippen LogP contribution in [0.15, 0.2) is 29.2 Å². The molecule has 1 aromatic carbocycles. The van der Waals surface area contributed by atoms with Gasteiger partial charge in [0.15, 0.2) is 0 Å². The van der Waals surface area contributed by atoms with Crippen LogP contribution in [0.2, 0.25) is 0 Å². The van der Waals surface area contributed by atoms with Crippen LogP contribution < -0.4 is 9.88 Å². The Morgan fingerprint density at radius 2 is 2.09 bits per heavy atom. The lowest BCUT2D eigenvalue weighted by molar-refractivity contribution is 0.273. The standard InChI is InChI=1S/C14H15N3O4S/c1-2-21-13-6-10-9-5-8(22(15,19)20)3-4-11(9)17-14(10)12(7-18)16-13/h3-6,17-18H,2,7H2,1H3,(H2,15,19,20). The number of hydrogen-bond donors (Lipinski definition) is 3. The van der Waals surface area contributed by atoms with Crippen LogP contribution >= 0.6 is 0 Å². The Kier molecular flexibility index (Phi) is 3.51. The lowest BCUT2D eigenvalue weighted by atomic mass is 10.1. The van der Waals surface area contributed by atoms with Crippen LogP contribution in [-0.4, -0.2) is 30.1 Å². The van der Waals surface area contributed by atoms with E-state index in [1.54, 1.807) is 12.1 Å². The number of benzene rings is 1. The Balaban J connectivity index is 2.37. The molecular formula is C14H15N3O4S. The van der Waals surface area contributed by atoms with Gasteiger partial charge in [-0.25, -0.2) is 18.5 Å². The number of aliphatic hydroxyl groups excluding tert-OH is 1. The maximum absolute atomic E-state index is 11.5. The van der Waals surface area contributed by atoms with E-state index in [2.05, 4.69) is 9.97 Å². The van der Waals surface area contributed by atoms with Gasteiger partial charge in [-0.1, -0.05) is 0 Å². The van der Waals surface area contributed by atoms with Crippen LogP contribution in [-0.2, 0) is 16.6 Å². The summed E-state index contributed by atoms with van der Waals surface area (Å²) in [7, 11) is -3.79. The summed E-state index contributed by atoms with van der Waals surface area (Å²) in [6.45, 7) is 2.01. The van der Waals surface area contributed by atoms with Gasteiger partial charge in [0, 0.05) is 22.4 Å². The van der Waals surface area contributed by atoms with Gasteiger partial charge in [-0.15, -0.1) is 0 Å². The van der Waals surface area contributed by atoms with E-state index in [0.29, 0.717) is 29.1 Å². The molecule has 0 amide bonds. The number of aliphatic hydroxyl groups is 1. The Bertz CT molecular complexity index is 963. The highest BCUT2D eigenvalue weighted by atomic mass is 32.2. The zero-order chi connectivity index (χ0) is 15.9. The van der Waals surface area contributed by atoms with E-state index in [1.165, 1.54) is 12.1 Å². The molecular weight excluding hydrogens is 306 g/mol. The van der Waals surface area contributed by atoms with Gasteiger partial charge < -0.3 is 14.8 Å². The Hall–Kier alpha value is -2.16. The summed E-state index contributed by atoms with van der Waals surface area (Å²) in [5.41, 5.74) is 1.81. The minimum Gasteiger partial charge on any atom is -0.478 e. The highest BCUT2D eigenvalue weighted by Gasteiger charge is 2.15. The first-order valence-electron chi connectivity index (χ1n) is 6.66. The van der Waals surface area contributed by atoms with Gasteiger partial charge >= 0.3 is 0 Å². The quantitative estimate of drug-likeness (QED) is 0.668. The maximum atomic E-state index is 11.5. The van der Waals surface area contributed by atoms with E-state index < -0.39 is 10.0 Å². The molecule has 3 rings (SSSR count). The number of rotatable bonds is 4. The molecule has 0 radical (unpaired) electrons. The molecule has 3 aromatic rings. The number of nitrogens with zero attached hydrogens (tertiary/aromatic N) is 1. The summed E-state index contributed by atoms with van der Waals surface area (Å²) in [4.78, 5) is 7.39. The number of ether oxygens (including phenoxy) is 1. The fourth-order valence-corrected chi connectivity index (χ4v) is 2.97. The minimum absolute atomic E-state index is 0.0289. The third kappa shape index (κ3) is 2.41. The summed E-state index contributed by atoms with van der Waals surface area (Å²) < 4.78 is 28.4. The molecule has 8 heteroatoms. The van der Waals surface area contributed by atoms with Gasteiger partial charge in [-0.05, 0) is 25.1 Å². The second-order valence-electron chi connectivity index (χ2n) is 4.80. The zero-order valence-corrected chi connectivity index (χ0v) is 12.6. The van der Waals surface area contributed by atoms with Crippen molar-refractivity contribution in [2.45, 2.75) is 18.4 Å². The number of aromatic amines is 1. The van der Waals surface area contributed by atoms with Crippen molar-refractivity contribution in [2.24, 2.45) is 5.14 Å². The van der Waals surface area contributed by atoms with Gasteiger partial charge in [-0.3, -0.25) is 0 Å². The van der Waals surface area contributed by atoms with Crippen molar-refractivity contribution in [3.8, 4) is 5.88 Å². The van der Waals surface area contributed by atoms with Crippen molar-refractivity contribution in [2.75, 3.05) is 6.61 Å². The van der Waals surface area contributed by atoms with Crippen molar-refractivity contribution in [3.05, 3.63) is 30.0 Å². The van der Waals surface area contributed by atoms with Crippen LogP contribution in [0.3, 0.4) is 0 Å². The molecule has 0 atom stereocenters. The largest absolute Gasteiger partial charge is 0.478 e. The van der Waals surface area contributed by atoms with E-state index in [9.17, 15) is 13.5 Å². The number of fused-ring (bicyclic) bond motifs is 3. The average molecular weight is 321 g/mol. The van der Waals surface area contributed by atoms with E-state index in [4.69, 9.17) is 9.88 Å². The van der Waals surface area contributed by atoms with Crippen molar-refractivity contribution < 1.29 is 18.3 Å². The lowest BCUT2D eigenvalue weighted by Crippen LogP contribution is -2.11. The fraction of sp³-hybridized carbons (Fsp3) is 0.214. The van der Waals surface area contributed by atoms with Crippen LogP contribution in [0, 0.1) is 0 Å². The molecule has 0 aliphatic rings. The smallest absolute Gasteiger partial charge is 0.238 e. The first kappa shape index (κ1) is 14.8. The molecule has 0 unspecified atom stereocenters. The van der Waals surface area contributed by atoms with Crippen molar-refractivity contribution in [1.29, 1.82) is 0 Å². The van der Waals surface area contributed by atoms with Gasteiger partial charge in [0.2, 0.25) is 15.9 Å². The van der Waals surface area contributed by atoms with E-state index in [0.717, 1.165) is 10.9 Å². The predicted molar refractivity (Wildman–Crippen MR) is 82.1 cm³/mol. The molecule has 0 saturated carbocycles. The van der Waals surface area contributed by atoms with Crippen LogP contribution in [0.1, 0.15) is 12.6 Å². The molecule has 2 heterocycles. The molecule has 7 nitrogen and oxygen atoms in total. The first-order valence-corrected chi connectivity index (χ1v) is 8.20. The van der Waals surface area contributed by atoms with Gasteiger partial charge in [0.25, 0.3) is 0 Å². The number of aromatic nitrogens is 2. The lowest BCUT2D eigenvalue weighted by Gasteiger charge is -2.05. The highest BCUT2D eigenvalue weighted by molar-refractivity contribution is 7.89. The fourth-order valence-electron chi connectivity index (χ4n) is 2.43. The van der Waals surface area contributed by atoms with Crippen LogP contribution in [0.25, 0.3) is 21.8 Å². The van der Waals surface area contributed by atoms with Crippen molar-refractivity contribution >= 4 is 31.8 Å². The summed E-state index contributed by atoms with van der Waals surface area (Å²) >= 11 is 0. The molecule has 22 heavy (non-hydrogen) atoms. The van der Waals surface area contributed by atoms with E-state index in [-0.39, 0.29) is 11.5 Å². The molecule has 0 fully saturated rings. The summed E-state index contributed by atoms with van der Waals surface area (Å²) in [6.07, 6.45) is 0. The number of primary sulfonamides is 1. The van der Waals surface area contributed by atoms with E-state index in [1.807, 2.05) is 6.92 Å². The Morgan fingerprint density at radius 3 is 2.73 bits per heavy atom. The highest BCUT2D eigenvalue weighted by Crippen LogP contribution is 2.31. The number of hydrogen-bond acceptors (Lipinski definition) is 5. The summed E-state index contributed by atoms with van der Waals surface area (Å²) in [6, 6.07) is 6.28. The Morgan fingerprint density at radius 1 is 1.32 bits per heavy atom.